The van der Waals surface area contributed by atoms with Gasteiger partial charge in [-0.25, -0.2) is 0 Å². The first-order chi connectivity index (χ1) is 8.10. The average molecular weight is 245 g/mol. The topological polar surface area (TPSA) is 26.0 Å². The molecule has 0 fully saturated rings. The molecule has 1 aromatic heterocycles. The fourth-order valence-corrected chi connectivity index (χ4v) is 3.29. The molecular formula is C15H19NS. The Morgan fingerprint density at radius 2 is 1.71 bits per heavy atom. The smallest absolute Gasteiger partial charge is 0.0306 e. The van der Waals surface area contributed by atoms with Gasteiger partial charge in [-0.2, -0.15) is 0 Å². The lowest BCUT2D eigenvalue weighted by molar-refractivity contribution is 0.833. The molecular weight excluding hydrogens is 226 g/mol. The van der Waals surface area contributed by atoms with E-state index in [4.69, 9.17) is 5.73 Å². The summed E-state index contributed by atoms with van der Waals surface area (Å²) in [6.45, 7) is 7.10. The summed E-state index contributed by atoms with van der Waals surface area (Å²) in [6, 6.07) is 11.1. The zero-order valence-corrected chi connectivity index (χ0v) is 11.5. The van der Waals surface area contributed by atoms with Crippen molar-refractivity contribution in [3.05, 3.63) is 56.8 Å². The molecule has 0 radical (unpaired) electrons. The van der Waals surface area contributed by atoms with Crippen LogP contribution in [0.3, 0.4) is 0 Å². The molecule has 1 unspecified atom stereocenters. The summed E-state index contributed by atoms with van der Waals surface area (Å²) < 4.78 is 0. The Kier molecular flexibility index (Phi) is 3.65. The number of rotatable bonds is 3. The molecule has 17 heavy (non-hydrogen) atoms. The largest absolute Gasteiger partial charge is 0.329 e. The van der Waals surface area contributed by atoms with Crippen molar-refractivity contribution >= 4 is 11.3 Å². The number of thiophene rings is 1. The summed E-state index contributed by atoms with van der Waals surface area (Å²) in [5.41, 5.74) is 9.92. The van der Waals surface area contributed by atoms with Crippen molar-refractivity contribution in [2.75, 3.05) is 6.54 Å². The lowest BCUT2D eigenvalue weighted by atomic mass is 9.94. The molecule has 0 bridgehead atoms. The van der Waals surface area contributed by atoms with Crippen molar-refractivity contribution in [2.24, 2.45) is 5.73 Å². The van der Waals surface area contributed by atoms with E-state index in [1.54, 1.807) is 0 Å². The maximum atomic E-state index is 5.95. The highest BCUT2D eigenvalue weighted by molar-refractivity contribution is 7.12. The summed E-state index contributed by atoms with van der Waals surface area (Å²) >= 11 is 1.85. The van der Waals surface area contributed by atoms with Gasteiger partial charge in [-0.15, -0.1) is 11.3 Å². The van der Waals surface area contributed by atoms with Crippen LogP contribution in [0.15, 0.2) is 30.3 Å². The summed E-state index contributed by atoms with van der Waals surface area (Å²) in [5, 5.41) is 0. The van der Waals surface area contributed by atoms with Crippen LogP contribution in [-0.4, -0.2) is 6.54 Å². The van der Waals surface area contributed by atoms with Crippen LogP contribution < -0.4 is 5.73 Å². The van der Waals surface area contributed by atoms with Crippen LogP contribution in [0.1, 0.15) is 32.4 Å². The predicted octanol–water partition coefficient (Wildman–Crippen LogP) is 3.76. The van der Waals surface area contributed by atoms with E-state index in [0.29, 0.717) is 12.5 Å². The van der Waals surface area contributed by atoms with Crippen molar-refractivity contribution in [1.29, 1.82) is 0 Å². The van der Waals surface area contributed by atoms with Crippen molar-refractivity contribution < 1.29 is 0 Å². The van der Waals surface area contributed by atoms with Crippen LogP contribution >= 0.6 is 11.3 Å². The summed E-state index contributed by atoms with van der Waals surface area (Å²) in [5.74, 6) is 0.340. The third-order valence-electron chi connectivity index (χ3n) is 2.99. The van der Waals surface area contributed by atoms with Crippen LogP contribution in [0.5, 0.6) is 0 Å². The third-order valence-corrected chi connectivity index (χ3v) is 4.10. The van der Waals surface area contributed by atoms with E-state index < -0.39 is 0 Å². The number of benzene rings is 1. The second-order valence-corrected chi connectivity index (χ2v) is 5.98. The number of hydrogen-bond acceptors (Lipinski definition) is 2. The van der Waals surface area contributed by atoms with E-state index in [9.17, 15) is 0 Å². The summed E-state index contributed by atoms with van der Waals surface area (Å²) in [4.78, 5) is 2.72. The minimum absolute atomic E-state index is 0.340. The van der Waals surface area contributed by atoms with E-state index in [-0.39, 0.29) is 0 Å². The van der Waals surface area contributed by atoms with Crippen LogP contribution in [-0.2, 0) is 0 Å². The first kappa shape index (κ1) is 12.3. The third kappa shape index (κ3) is 2.76. The number of hydrogen-bond donors (Lipinski definition) is 1. The second kappa shape index (κ2) is 5.03. The molecule has 2 rings (SSSR count). The Hall–Kier alpha value is -1.12. The number of nitrogens with two attached hydrogens (primary N) is 1. The molecule has 2 aromatic rings. The average Bonchev–Trinajstić information content (AvgIpc) is 2.64. The lowest BCUT2D eigenvalue weighted by Gasteiger charge is -2.15. The molecule has 0 amide bonds. The van der Waals surface area contributed by atoms with Gasteiger partial charge in [0, 0.05) is 22.2 Å². The van der Waals surface area contributed by atoms with Gasteiger partial charge in [0.25, 0.3) is 0 Å². The Labute approximate surface area is 107 Å². The zero-order chi connectivity index (χ0) is 12.4. The molecule has 1 aromatic carbocycles. The Balaban J connectivity index is 2.41. The molecule has 0 saturated carbocycles. The molecule has 0 aliphatic carbocycles. The van der Waals surface area contributed by atoms with Gasteiger partial charge in [0.05, 0.1) is 0 Å². The SMILES string of the molecule is Cc1cc(C)cc(C(CN)c2ccc(C)s2)c1. The highest BCUT2D eigenvalue weighted by Crippen LogP contribution is 2.30. The van der Waals surface area contributed by atoms with Gasteiger partial charge in [0.2, 0.25) is 0 Å². The van der Waals surface area contributed by atoms with Crippen LogP contribution in [0.4, 0.5) is 0 Å². The molecule has 2 N–H and O–H groups in total. The van der Waals surface area contributed by atoms with E-state index in [2.05, 4.69) is 51.1 Å². The monoisotopic (exact) mass is 245 g/mol. The second-order valence-electron chi connectivity index (χ2n) is 4.66. The predicted molar refractivity (Wildman–Crippen MR) is 75.9 cm³/mol. The highest BCUT2D eigenvalue weighted by atomic mass is 32.1. The molecule has 0 aliphatic heterocycles. The first-order valence-corrected chi connectivity index (χ1v) is 6.76. The zero-order valence-electron chi connectivity index (χ0n) is 10.7. The fourth-order valence-electron chi connectivity index (χ4n) is 2.27. The van der Waals surface area contributed by atoms with E-state index >= 15 is 0 Å². The van der Waals surface area contributed by atoms with Gasteiger partial charge >= 0.3 is 0 Å². The molecule has 1 heterocycles. The molecule has 90 valence electrons. The normalized spacial score (nSPS) is 12.7. The van der Waals surface area contributed by atoms with Gasteiger partial charge in [-0.1, -0.05) is 29.3 Å². The lowest BCUT2D eigenvalue weighted by Crippen LogP contribution is -2.13. The Bertz CT molecular complexity index is 493. The Morgan fingerprint density at radius 3 is 2.18 bits per heavy atom. The standard InChI is InChI=1S/C15H19NS/c1-10-6-11(2)8-13(7-10)14(9-16)15-5-4-12(3)17-15/h4-8,14H,9,16H2,1-3H3. The molecule has 2 heteroatoms. The highest BCUT2D eigenvalue weighted by Gasteiger charge is 2.14. The molecule has 0 spiro atoms. The van der Waals surface area contributed by atoms with Gasteiger partial charge < -0.3 is 5.73 Å². The fraction of sp³-hybridized carbons (Fsp3) is 0.333. The van der Waals surface area contributed by atoms with Crippen molar-refractivity contribution in [3.8, 4) is 0 Å². The maximum Gasteiger partial charge on any atom is 0.0306 e. The Morgan fingerprint density at radius 1 is 1.06 bits per heavy atom. The maximum absolute atomic E-state index is 5.95. The molecule has 1 nitrogen and oxygen atoms in total. The minimum atomic E-state index is 0.340. The summed E-state index contributed by atoms with van der Waals surface area (Å²) in [6.07, 6.45) is 0. The van der Waals surface area contributed by atoms with Crippen molar-refractivity contribution in [1.82, 2.24) is 0 Å². The van der Waals surface area contributed by atoms with E-state index in [0.717, 1.165) is 0 Å². The van der Waals surface area contributed by atoms with Crippen LogP contribution in [0.25, 0.3) is 0 Å². The van der Waals surface area contributed by atoms with E-state index in [1.807, 2.05) is 11.3 Å². The number of aryl methyl sites for hydroxylation is 3. The molecule has 0 saturated heterocycles. The van der Waals surface area contributed by atoms with Crippen molar-refractivity contribution in [2.45, 2.75) is 26.7 Å². The van der Waals surface area contributed by atoms with Gasteiger partial charge in [0.1, 0.15) is 0 Å². The molecule has 0 aliphatic rings. The molecule has 1 atom stereocenters. The van der Waals surface area contributed by atoms with Gasteiger partial charge in [-0.3, -0.25) is 0 Å². The van der Waals surface area contributed by atoms with Gasteiger partial charge in [-0.05, 0) is 38.5 Å². The van der Waals surface area contributed by atoms with Crippen LogP contribution in [0.2, 0.25) is 0 Å². The summed E-state index contributed by atoms with van der Waals surface area (Å²) in [7, 11) is 0. The van der Waals surface area contributed by atoms with Crippen LogP contribution in [0, 0.1) is 20.8 Å². The van der Waals surface area contributed by atoms with E-state index in [1.165, 1.54) is 26.4 Å². The van der Waals surface area contributed by atoms with Crippen molar-refractivity contribution in [3.63, 3.8) is 0 Å². The first-order valence-electron chi connectivity index (χ1n) is 5.94. The minimum Gasteiger partial charge on any atom is -0.329 e. The van der Waals surface area contributed by atoms with Gasteiger partial charge in [0.15, 0.2) is 0 Å². The quantitative estimate of drug-likeness (QED) is 0.875.